The maximum absolute atomic E-state index is 13.2. The van der Waals surface area contributed by atoms with E-state index in [0.29, 0.717) is 17.0 Å². The van der Waals surface area contributed by atoms with Crippen molar-refractivity contribution < 1.29 is 14.6 Å². The highest BCUT2D eigenvalue weighted by molar-refractivity contribution is 5.66. The van der Waals surface area contributed by atoms with E-state index < -0.39 is 17.3 Å². The summed E-state index contributed by atoms with van der Waals surface area (Å²) in [5.74, 6) is -0.393. The molecule has 0 aliphatic heterocycles. The number of pyridine rings is 1. The average Bonchev–Trinajstić information content (AvgIpc) is 2.88. The van der Waals surface area contributed by atoms with E-state index in [9.17, 15) is 14.4 Å². The molecule has 0 saturated carbocycles. The minimum absolute atomic E-state index is 0.0132. The van der Waals surface area contributed by atoms with E-state index in [4.69, 9.17) is 15.1 Å². The number of nitrogens with one attached hydrogen (secondary N) is 1. The van der Waals surface area contributed by atoms with Crippen molar-refractivity contribution in [1.29, 1.82) is 5.26 Å². The first-order valence-electron chi connectivity index (χ1n) is 11.2. The number of carbonyl (C=O) groups is 1. The van der Waals surface area contributed by atoms with Gasteiger partial charge < -0.3 is 15.2 Å². The Morgan fingerprint density at radius 2 is 1.81 bits per heavy atom. The van der Waals surface area contributed by atoms with Crippen LogP contribution in [0.25, 0.3) is 0 Å². The number of rotatable bonds is 9. The fourth-order valence-corrected chi connectivity index (χ4v) is 3.43. The smallest absolute Gasteiger partial charge is 0.354 e. The minimum atomic E-state index is -1.13. The van der Waals surface area contributed by atoms with Crippen molar-refractivity contribution in [3.05, 3.63) is 105 Å². The van der Waals surface area contributed by atoms with Crippen LogP contribution in [0, 0.1) is 18.3 Å². The van der Waals surface area contributed by atoms with Crippen LogP contribution < -0.4 is 21.4 Å². The van der Waals surface area contributed by atoms with E-state index in [1.165, 1.54) is 16.8 Å². The van der Waals surface area contributed by atoms with Crippen LogP contribution in [0.1, 0.15) is 23.1 Å². The fourth-order valence-electron chi connectivity index (χ4n) is 3.43. The van der Waals surface area contributed by atoms with Crippen molar-refractivity contribution in [2.24, 2.45) is 0 Å². The third-order valence-corrected chi connectivity index (χ3v) is 5.36. The van der Waals surface area contributed by atoms with Crippen LogP contribution in [-0.2, 0) is 17.9 Å². The summed E-state index contributed by atoms with van der Waals surface area (Å²) in [7, 11) is 0. The zero-order valence-electron chi connectivity index (χ0n) is 19.8. The number of ether oxygens (including phenoxy) is 1. The zero-order chi connectivity index (χ0) is 26.4. The molecule has 2 N–H and O–H groups in total. The Hall–Kier alpha value is -5.24. The summed E-state index contributed by atoms with van der Waals surface area (Å²) in [4.78, 5) is 44.9. The van der Waals surface area contributed by atoms with Crippen molar-refractivity contribution >= 4 is 17.6 Å². The number of aromatic nitrogens is 4. The molecule has 11 heteroatoms. The number of aryl methyl sites for hydroxylation is 1. The molecule has 0 atom stereocenters. The van der Waals surface area contributed by atoms with Crippen molar-refractivity contribution in [2.45, 2.75) is 26.4 Å². The molecule has 2 aromatic carbocycles. The third kappa shape index (κ3) is 6.26. The van der Waals surface area contributed by atoms with Crippen LogP contribution in [0.15, 0.2) is 76.4 Å². The highest BCUT2D eigenvalue weighted by Gasteiger charge is 2.15. The van der Waals surface area contributed by atoms with E-state index in [1.54, 1.807) is 30.3 Å². The number of hydrogen-bond donors (Lipinski definition) is 2. The molecular weight excluding hydrogens is 476 g/mol. The van der Waals surface area contributed by atoms with E-state index in [-0.39, 0.29) is 31.3 Å². The molecule has 0 saturated heterocycles. The van der Waals surface area contributed by atoms with Gasteiger partial charge in [-0.25, -0.2) is 19.1 Å². The Balaban J connectivity index is 1.63. The minimum Gasteiger partial charge on any atom is -0.481 e. The number of hydrogen-bond acceptors (Lipinski definition) is 8. The Bertz CT molecular complexity index is 1580. The molecule has 0 amide bonds. The number of nitriles is 1. The van der Waals surface area contributed by atoms with E-state index in [1.807, 2.05) is 37.3 Å². The lowest BCUT2D eigenvalue weighted by Gasteiger charge is -2.16. The topological polar surface area (TPSA) is 152 Å². The summed E-state index contributed by atoms with van der Waals surface area (Å²) in [6.45, 7) is 1.77. The van der Waals surface area contributed by atoms with Crippen molar-refractivity contribution in [3.63, 3.8) is 0 Å². The lowest BCUT2D eigenvalue weighted by Crippen LogP contribution is -2.43. The summed E-state index contributed by atoms with van der Waals surface area (Å²) in [5.41, 5.74) is 1.27. The molecule has 186 valence electrons. The van der Waals surface area contributed by atoms with Crippen LogP contribution in [0.5, 0.6) is 11.6 Å². The number of aliphatic carboxylic acids is 1. The highest BCUT2D eigenvalue weighted by atomic mass is 16.5. The highest BCUT2D eigenvalue weighted by Crippen LogP contribution is 2.23. The van der Waals surface area contributed by atoms with Crippen molar-refractivity contribution in [1.82, 2.24) is 19.1 Å². The Morgan fingerprint density at radius 1 is 1.08 bits per heavy atom. The first-order valence-corrected chi connectivity index (χ1v) is 11.2. The predicted octanol–water partition coefficient (Wildman–Crippen LogP) is 3.04. The van der Waals surface area contributed by atoms with Gasteiger partial charge in [0.25, 0.3) is 0 Å². The fraction of sp³-hybridized carbons (Fsp3) is 0.154. The standard InChI is InChI=1S/C26H22N6O5/c1-17-2-4-18(5-3-17)16-32-24(30-25(35)31(26(32)36)13-11-23(33)34)29-20-6-8-21(9-7-20)37-22-14-19(15-27)10-12-28-22/h2-10,12,14H,11,13,16H2,1H3,(H,33,34)(H,29,30,35). The molecule has 0 bridgehead atoms. The molecule has 4 aromatic rings. The molecule has 4 rings (SSSR count). The van der Waals surface area contributed by atoms with Gasteiger partial charge in [0, 0.05) is 24.5 Å². The zero-order valence-corrected chi connectivity index (χ0v) is 19.8. The number of benzene rings is 2. The molecule has 2 aromatic heterocycles. The monoisotopic (exact) mass is 498 g/mol. The quantitative estimate of drug-likeness (QED) is 0.355. The van der Waals surface area contributed by atoms with Gasteiger partial charge in [0.1, 0.15) is 5.75 Å². The van der Waals surface area contributed by atoms with Gasteiger partial charge in [-0.2, -0.15) is 10.2 Å². The van der Waals surface area contributed by atoms with Crippen LogP contribution in [0.4, 0.5) is 11.6 Å². The predicted molar refractivity (Wildman–Crippen MR) is 134 cm³/mol. The lowest BCUT2D eigenvalue weighted by molar-refractivity contribution is -0.137. The molecule has 0 radical (unpaired) electrons. The Kier molecular flexibility index (Phi) is 7.40. The second-order valence-corrected chi connectivity index (χ2v) is 8.11. The number of carboxylic acids is 1. The van der Waals surface area contributed by atoms with Gasteiger partial charge in [0.05, 0.1) is 24.6 Å². The van der Waals surface area contributed by atoms with Gasteiger partial charge in [0.15, 0.2) is 0 Å². The van der Waals surface area contributed by atoms with Crippen LogP contribution >= 0.6 is 0 Å². The SMILES string of the molecule is Cc1ccc(Cn2c(Nc3ccc(Oc4cc(C#N)ccn4)cc3)nc(=O)n(CCC(=O)O)c2=O)cc1. The van der Waals surface area contributed by atoms with Crippen LogP contribution in [-0.4, -0.2) is 30.2 Å². The second kappa shape index (κ2) is 11.0. The van der Waals surface area contributed by atoms with Gasteiger partial charge in [-0.1, -0.05) is 29.8 Å². The van der Waals surface area contributed by atoms with E-state index >= 15 is 0 Å². The number of carboxylic acid groups (broad SMARTS) is 1. The Morgan fingerprint density at radius 3 is 2.49 bits per heavy atom. The van der Waals surface area contributed by atoms with Crippen molar-refractivity contribution in [2.75, 3.05) is 5.32 Å². The molecular formula is C26H22N6O5. The largest absolute Gasteiger partial charge is 0.481 e. The van der Waals surface area contributed by atoms with Gasteiger partial charge in [0.2, 0.25) is 11.8 Å². The second-order valence-electron chi connectivity index (χ2n) is 8.11. The molecule has 0 fully saturated rings. The maximum atomic E-state index is 13.2. The van der Waals surface area contributed by atoms with Gasteiger partial charge in [-0.05, 0) is 42.8 Å². The number of anilines is 2. The summed E-state index contributed by atoms with van der Waals surface area (Å²) >= 11 is 0. The van der Waals surface area contributed by atoms with E-state index in [2.05, 4.69) is 15.3 Å². The van der Waals surface area contributed by atoms with Gasteiger partial charge >= 0.3 is 17.3 Å². The molecule has 37 heavy (non-hydrogen) atoms. The first kappa shape index (κ1) is 24.9. The molecule has 0 aliphatic rings. The summed E-state index contributed by atoms with van der Waals surface area (Å²) < 4.78 is 7.78. The first-order chi connectivity index (χ1) is 17.8. The van der Waals surface area contributed by atoms with Crippen LogP contribution in [0.3, 0.4) is 0 Å². The lowest BCUT2D eigenvalue weighted by atomic mass is 10.1. The molecule has 11 nitrogen and oxygen atoms in total. The number of nitrogens with zero attached hydrogens (tertiary/aromatic N) is 5. The molecule has 0 aliphatic carbocycles. The molecule has 0 unspecified atom stereocenters. The summed E-state index contributed by atoms with van der Waals surface area (Å²) in [6, 6.07) is 19.3. The van der Waals surface area contributed by atoms with E-state index in [0.717, 1.165) is 15.7 Å². The normalized spacial score (nSPS) is 10.5. The average molecular weight is 498 g/mol. The van der Waals surface area contributed by atoms with Gasteiger partial charge in [-0.3, -0.25) is 9.36 Å². The Labute approximate surface area is 210 Å². The van der Waals surface area contributed by atoms with Crippen molar-refractivity contribution in [3.8, 4) is 17.7 Å². The van der Waals surface area contributed by atoms with Gasteiger partial charge in [-0.15, -0.1) is 0 Å². The molecule has 0 spiro atoms. The van der Waals surface area contributed by atoms with Crippen LogP contribution in [0.2, 0.25) is 0 Å². The third-order valence-electron chi connectivity index (χ3n) is 5.36. The maximum Gasteiger partial charge on any atom is 0.354 e. The summed E-state index contributed by atoms with van der Waals surface area (Å²) in [6.07, 6.45) is 1.09. The summed E-state index contributed by atoms with van der Waals surface area (Å²) in [5, 5.41) is 21.0. The molecule has 2 heterocycles.